The summed E-state index contributed by atoms with van der Waals surface area (Å²) in [5.74, 6) is 0.481. The largest absolute Gasteiger partial charge is 0.386 e. The minimum Gasteiger partial charge on any atom is -0.386 e. The summed E-state index contributed by atoms with van der Waals surface area (Å²) in [6, 6.07) is 20.5. The molecule has 1 saturated carbocycles. The molecule has 1 aliphatic rings. The van der Waals surface area contributed by atoms with Gasteiger partial charge in [0, 0.05) is 11.3 Å². The van der Waals surface area contributed by atoms with Crippen LogP contribution in [-0.2, 0) is 5.60 Å². The summed E-state index contributed by atoms with van der Waals surface area (Å²) in [5.41, 5.74) is 14.5. The van der Waals surface area contributed by atoms with Gasteiger partial charge < -0.3 is 10.8 Å². The van der Waals surface area contributed by atoms with Crippen molar-refractivity contribution in [3.05, 3.63) is 88.5 Å². The predicted molar refractivity (Wildman–Crippen MR) is 154 cm³/mol. The first-order valence-electron chi connectivity index (χ1n) is 13.5. The molecule has 194 valence electrons. The van der Waals surface area contributed by atoms with Crippen molar-refractivity contribution in [3.63, 3.8) is 0 Å². The Morgan fingerprint density at radius 2 is 1.76 bits per heavy atom. The number of carbonyl (C=O) groups is 1. The summed E-state index contributed by atoms with van der Waals surface area (Å²) in [7, 11) is 0. The zero-order valence-corrected chi connectivity index (χ0v) is 22.8. The molecule has 3 aromatic rings. The number of rotatable bonds is 10. The highest BCUT2D eigenvalue weighted by atomic mass is 16.3. The van der Waals surface area contributed by atoms with E-state index in [2.05, 4.69) is 57.2 Å². The van der Waals surface area contributed by atoms with E-state index in [1.54, 1.807) is 13.8 Å². The molecule has 37 heavy (non-hydrogen) atoms. The Morgan fingerprint density at radius 3 is 2.32 bits per heavy atom. The molecule has 1 atom stereocenters. The van der Waals surface area contributed by atoms with Crippen LogP contribution in [0.1, 0.15) is 104 Å². The highest BCUT2D eigenvalue weighted by Gasteiger charge is 2.29. The van der Waals surface area contributed by atoms with Crippen LogP contribution in [0.25, 0.3) is 11.1 Å². The molecule has 0 heterocycles. The summed E-state index contributed by atoms with van der Waals surface area (Å²) < 4.78 is 0. The Labute approximate surface area is 221 Å². The lowest BCUT2D eigenvalue weighted by atomic mass is 9.85. The van der Waals surface area contributed by atoms with Gasteiger partial charge in [-0.2, -0.15) is 0 Å². The number of aliphatic hydroxyl groups is 1. The van der Waals surface area contributed by atoms with E-state index in [-0.39, 0.29) is 11.8 Å². The van der Waals surface area contributed by atoms with Gasteiger partial charge in [0.15, 0.2) is 0 Å². The number of nitrogens with zero attached hydrogens (tertiary/aromatic N) is 1. The zero-order chi connectivity index (χ0) is 26.7. The van der Waals surface area contributed by atoms with Gasteiger partial charge in [-0.25, -0.2) is 0 Å². The van der Waals surface area contributed by atoms with Crippen LogP contribution in [0.5, 0.6) is 0 Å². The van der Waals surface area contributed by atoms with E-state index >= 15 is 0 Å². The molecule has 3 aromatic carbocycles. The van der Waals surface area contributed by atoms with Gasteiger partial charge in [0.05, 0.1) is 11.3 Å². The van der Waals surface area contributed by atoms with Crippen molar-refractivity contribution in [1.29, 1.82) is 0 Å². The van der Waals surface area contributed by atoms with Crippen LogP contribution < -0.4 is 5.73 Å². The summed E-state index contributed by atoms with van der Waals surface area (Å²) in [5, 5.41) is 10.2. The summed E-state index contributed by atoms with van der Waals surface area (Å²) >= 11 is 0. The van der Waals surface area contributed by atoms with Crippen LogP contribution >= 0.6 is 0 Å². The molecule has 3 N–H and O–H groups in total. The molecule has 0 radical (unpaired) electrons. The first-order chi connectivity index (χ1) is 17.6. The second kappa shape index (κ2) is 11.0. The fraction of sp³-hybridized carbons (Fsp3) is 0.394. The quantitative estimate of drug-likeness (QED) is 0.280. The van der Waals surface area contributed by atoms with Crippen molar-refractivity contribution in [1.82, 2.24) is 0 Å². The Bertz CT molecular complexity index is 1290. The number of benzene rings is 3. The number of primary amides is 1. The van der Waals surface area contributed by atoms with Gasteiger partial charge >= 0.3 is 0 Å². The van der Waals surface area contributed by atoms with Crippen LogP contribution in [0, 0.1) is 6.92 Å². The van der Waals surface area contributed by atoms with Crippen LogP contribution in [0.15, 0.2) is 65.7 Å². The van der Waals surface area contributed by atoms with Gasteiger partial charge in [-0.05, 0) is 116 Å². The minimum atomic E-state index is -0.845. The SMILES string of the molecule is CCC(CC[C@@H](C)c1c(C(N)=O)cccc1C1CC1)=Nc1ccc(-c2ccc(C(C)(C)O)cc2)cc1C. The molecule has 1 aliphatic carbocycles. The number of hydrogen-bond donors (Lipinski definition) is 2. The maximum Gasteiger partial charge on any atom is 0.248 e. The molecule has 0 aromatic heterocycles. The van der Waals surface area contributed by atoms with Crippen molar-refractivity contribution < 1.29 is 9.90 Å². The fourth-order valence-corrected chi connectivity index (χ4v) is 5.14. The van der Waals surface area contributed by atoms with Gasteiger partial charge in [-0.15, -0.1) is 0 Å². The van der Waals surface area contributed by atoms with Gasteiger partial charge in [0.1, 0.15) is 0 Å². The maximum atomic E-state index is 12.2. The lowest BCUT2D eigenvalue weighted by molar-refractivity contribution is 0.0786. The molecule has 4 rings (SSSR count). The van der Waals surface area contributed by atoms with Crippen LogP contribution in [0.3, 0.4) is 0 Å². The number of nitrogens with two attached hydrogens (primary N) is 1. The van der Waals surface area contributed by atoms with Gasteiger partial charge in [-0.3, -0.25) is 9.79 Å². The highest BCUT2D eigenvalue weighted by molar-refractivity contribution is 5.95. The predicted octanol–water partition coefficient (Wildman–Crippen LogP) is 7.93. The smallest absolute Gasteiger partial charge is 0.248 e. The van der Waals surface area contributed by atoms with E-state index in [9.17, 15) is 9.90 Å². The van der Waals surface area contributed by atoms with E-state index in [1.165, 1.54) is 24.1 Å². The Balaban J connectivity index is 1.50. The van der Waals surface area contributed by atoms with Crippen molar-refractivity contribution in [3.8, 4) is 11.1 Å². The number of hydrogen-bond acceptors (Lipinski definition) is 3. The van der Waals surface area contributed by atoms with E-state index in [0.717, 1.165) is 52.8 Å². The molecule has 0 bridgehead atoms. The number of aliphatic imine (C=N–C) groups is 1. The second-order valence-electron chi connectivity index (χ2n) is 11.1. The maximum absolute atomic E-state index is 12.2. The second-order valence-corrected chi connectivity index (χ2v) is 11.1. The third-order valence-corrected chi connectivity index (χ3v) is 7.59. The molecule has 0 aliphatic heterocycles. The highest BCUT2D eigenvalue weighted by Crippen LogP contribution is 2.45. The average molecular weight is 497 g/mol. The van der Waals surface area contributed by atoms with Gasteiger partial charge in [0.2, 0.25) is 5.91 Å². The van der Waals surface area contributed by atoms with E-state index in [4.69, 9.17) is 10.7 Å². The van der Waals surface area contributed by atoms with Crippen molar-refractivity contribution in [2.75, 3.05) is 0 Å². The summed E-state index contributed by atoms with van der Waals surface area (Å²) in [4.78, 5) is 17.2. The molecular weight excluding hydrogens is 456 g/mol. The Morgan fingerprint density at radius 1 is 1.08 bits per heavy atom. The monoisotopic (exact) mass is 496 g/mol. The average Bonchev–Trinajstić information content (AvgIpc) is 3.72. The number of amides is 1. The van der Waals surface area contributed by atoms with Crippen molar-refractivity contribution >= 4 is 17.3 Å². The van der Waals surface area contributed by atoms with E-state index in [1.807, 2.05) is 24.3 Å². The van der Waals surface area contributed by atoms with Crippen molar-refractivity contribution in [2.24, 2.45) is 10.7 Å². The Hall–Kier alpha value is -3.24. The summed E-state index contributed by atoms with van der Waals surface area (Å²) in [6.45, 7) is 10.1. The number of aryl methyl sites for hydroxylation is 1. The van der Waals surface area contributed by atoms with Crippen LogP contribution in [-0.4, -0.2) is 16.7 Å². The topological polar surface area (TPSA) is 75.7 Å². The lowest BCUT2D eigenvalue weighted by Crippen LogP contribution is -2.17. The van der Waals surface area contributed by atoms with Crippen molar-refractivity contribution in [2.45, 2.75) is 84.2 Å². The first-order valence-corrected chi connectivity index (χ1v) is 13.5. The standard InChI is InChI=1S/C33H40N2O2/c1-6-27(18-10-21(2)31-28(24-11-12-24)8-7-9-29(31)32(34)36)35-30-19-15-25(20-22(30)3)23-13-16-26(17-14-23)33(4,5)37/h7-9,13-17,19-21,24,37H,6,10-12,18H2,1-5H3,(H2,34,36)/t21-/m1/s1. The molecule has 0 unspecified atom stereocenters. The molecule has 0 spiro atoms. The van der Waals surface area contributed by atoms with E-state index in [0.29, 0.717) is 11.5 Å². The summed E-state index contributed by atoms with van der Waals surface area (Å²) in [6.07, 6.45) is 5.10. The fourth-order valence-electron chi connectivity index (χ4n) is 5.14. The van der Waals surface area contributed by atoms with E-state index < -0.39 is 5.60 Å². The first kappa shape index (κ1) is 26.8. The third-order valence-electron chi connectivity index (χ3n) is 7.59. The minimum absolute atomic E-state index is 0.242. The van der Waals surface area contributed by atoms with Crippen LogP contribution in [0.2, 0.25) is 0 Å². The molecule has 0 saturated heterocycles. The molecule has 1 fully saturated rings. The Kier molecular flexibility index (Phi) is 7.99. The van der Waals surface area contributed by atoms with Gasteiger partial charge in [0.25, 0.3) is 0 Å². The molecular formula is C33H40N2O2. The lowest BCUT2D eigenvalue weighted by Gasteiger charge is -2.20. The third kappa shape index (κ3) is 6.37. The molecule has 4 nitrogen and oxygen atoms in total. The molecule has 1 amide bonds. The molecule has 4 heteroatoms. The normalized spacial score (nSPS) is 15.0. The van der Waals surface area contributed by atoms with Crippen LogP contribution in [0.4, 0.5) is 5.69 Å². The number of carbonyl (C=O) groups excluding carboxylic acids is 1. The van der Waals surface area contributed by atoms with Gasteiger partial charge in [-0.1, -0.05) is 56.3 Å². The zero-order valence-electron chi connectivity index (χ0n) is 22.8.